The standard InChI is InChI=1S/C22H27ClN4O5/c1-4-32-20(29)17-12-18-19(28)26(13-15-6-8-16(23)9-7-15)22(2,14-27(18)25-17)21(30)24-10-5-11-31-3/h6-9,12H,4-5,10-11,13-14H2,1-3H3,(H,24,30)/t22-/m1/s1. The first-order chi connectivity index (χ1) is 15.3. The Labute approximate surface area is 191 Å². The summed E-state index contributed by atoms with van der Waals surface area (Å²) in [4.78, 5) is 40.4. The quantitative estimate of drug-likeness (QED) is 0.453. The number of amides is 2. The van der Waals surface area contributed by atoms with E-state index in [1.54, 1.807) is 33.1 Å². The van der Waals surface area contributed by atoms with Gasteiger partial charge < -0.3 is 19.7 Å². The van der Waals surface area contributed by atoms with Crippen LogP contribution < -0.4 is 5.32 Å². The highest BCUT2D eigenvalue weighted by molar-refractivity contribution is 6.30. The number of ether oxygens (including phenoxy) is 2. The number of fused-ring (bicyclic) bond motifs is 1. The molecule has 1 N–H and O–H groups in total. The number of rotatable bonds is 9. The molecule has 2 aromatic rings. The molecule has 0 radical (unpaired) electrons. The molecule has 3 rings (SSSR count). The number of methoxy groups -OCH3 is 1. The van der Waals surface area contributed by atoms with Crippen LogP contribution in [0.25, 0.3) is 0 Å². The van der Waals surface area contributed by atoms with Crippen LogP contribution in [0.2, 0.25) is 5.02 Å². The highest BCUT2D eigenvalue weighted by Crippen LogP contribution is 2.30. The minimum Gasteiger partial charge on any atom is -0.461 e. The Bertz CT molecular complexity index is 991. The zero-order valence-corrected chi connectivity index (χ0v) is 19.1. The monoisotopic (exact) mass is 462 g/mol. The van der Waals surface area contributed by atoms with E-state index in [2.05, 4.69) is 10.4 Å². The minimum absolute atomic E-state index is 0.0337. The Balaban J connectivity index is 1.94. The van der Waals surface area contributed by atoms with Crippen molar-refractivity contribution in [1.29, 1.82) is 0 Å². The van der Waals surface area contributed by atoms with Gasteiger partial charge >= 0.3 is 5.97 Å². The van der Waals surface area contributed by atoms with Crippen LogP contribution >= 0.6 is 11.6 Å². The van der Waals surface area contributed by atoms with Gasteiger partial charge in [-0.05, 0) is 38.0 Å². The number of hydrogen-bond donors (Lipinski definition) is 1. The molecule has 32 heavy (non-hydrogen) atoms. The summed E-state index contributed by atoms with van der Waals surface area (Å²) in [6.07, 6.45) is 0.642. The van der Waals surface area contributed by atoms with E-state index in [1.807, 2.05) is 12.1 Å². The molecule has 0 saturated heterocycles. The molecular weight excluding hydrogens is 436 g/mol. The van der Waals surface area contributed by atoms with Crippen LogP contribution in [0.3, 0.4) is 0 Å². The first-order valence-corrected chi connectivity index (χ1v) is 10.8. The molecule has 172 valence electrons. The maximum atomic E-state index is 13.5. The van der Waals surface area contributed by atoms with Crippen LogP contribution in [-0.2, 0) is 27.4 Å². The van der Waals surface area contributed by atoms with Gasteiger partial charge in [0.25, 0.3) is 5.91 Å². The minimum atomic E-state index is -1.23. The number of carbonyl (C=O) groups is 3. The third-order valence-corrected chi connectivity index (χ3v) is 5.59. The Morgan fingerprint density at radius 2 is 2.00 bits per heavy atom. The van der Waals surface area contributed by atoms with Crippen molar-refractivity contribution < 1.29 is 23.9 Å². The van der Waals surface area contributed by atoms with E-state index >= 15 is 0 Å². The molecule has 1 aromatic carbocycles. The van der Waals surface area contributed by atoms with Crippen LogP contribution in [0.5, 0.6) is 0 Å². The molecule has 2 heterocycles. The second-order valence-electron chi connectivity index (χ2n) is 7.69. The average molecular weight is 463 g/mol. The van der Waals surface area contributed by atoms with Crippen molar-refractivity contribution in [2.45, 2.75) is 38.9 Å². The van der Waals surface area contributed by atoms with Crippen molar-refractivity contribution in [1.82, 2.24) is 20.0 Å². The number of nitrogens with one attached hydrogen (secondary N) is 1. The second-order valence-corrected chi connectivity index (χ2v) is 8.12. The maximum Gasteiger partial charge on any atom is 0.358 e. The molecule has 0 unspecified atom stereocenters. The number of benzene rings is 1. The highest BCUT2D eigenvalue weighted by atomic mass is 35.5. The molecule has 9 nitrogen and oxygen atoms in total. The van der Waals surface area contributed by atoms with Gasteiger partial charge in [-0.1, -0.05) is 23.7 Å². The fraction of sp³-hybridized carbons (Fsp3) is 0.455. The molecule has 2 amide bonds. The van der Waals surface area contributed by atoms with Gasteiger partial charge in [0.1, 0.15) is 11.2 Å². The van der Waals surface area contributed by atoms with Gasteiger partial charge in [-0.25, -0.2) is 4.79 Å². The largest absolute Gasteiger partial charge is 0.461 e. The van der Waals surface area contributed by atoms with Crippen molar-refractivity contribution in [3.05, 3.63) is 52.3 Å². The lowest BCUT2D eigenvalue weighted by Crippen LogP contribution is -2.63. The fourth-order valence-electron chi connectivity index (χ4n) is 3.58. The summed E-state index contributed by atoms with van der Waals surface area (Å²) in [5.41, 5.74) is -0.146. The normalized spacial score (nSPS) is 17.8. The van der Waals surface area contributed by atoms with E-state index < -0.39 is 17.4 Å². The molecule has 0 spiro atoms. The fourth-order valence-corrected chi connectivity index (χ4v) is 3.70. The number of esters is 1. The summed E-state index contributed by atoms with van der Waals surface area (Å²) in [5, 5.41) is 7.70. The van der Waals surface area contributed by atoms with Crippen LogP contribution in [0.4, 0.5) is 0 Å². The van der Waals surface area contributed by atoms with E-state index in [0.717, 1.165) is 5.56 Å². The maximum absolute atomic E-state index is 13.5. The molecule has 10 heteroatoms. The van der Waals surface area contributed by atoms with Crippen LogP contribution in [0.15, 0.2) is 30.3 Å². The Hall–Kier alpha value is -2.91. The third-order valence-electron chi connectivity index (χ3n) is 5.34. The van der Waals surface area contributed by atoms with Crippen LogP contribution in [0.1, 0.15) is 46.8 Å². The lowest BCUT2D eigenvalue weighted by atomic mass is 9.94. The van der Waals surface area contributed by atoms with E-state index in [1.165, 1.54) is 15.6 Å². The lowest BCUT2D eigenvalue weighted by Gasteiger charge is -2.43. The number of carbonyl (C=O) groups excluding carboxylic acids is 3. The van der Waals surface area contributed by atoms with Gasteiger partial charge in [-0.3, -0.25) is 14.3 Å². The number of halogens is 1. The van der Waals surface area contributed by atoms with Gasteiger partial charge in [0, 0.05) is 37.9 Å². The molecule has 0 fully saturated rings. The number of hydrogen-bond acceptors (Lipinski definition) is 6. The molecular formula is C22H27ClN4O5. The predicted octanol–water partition coefficient (Wildman–Crippen LogP) is 2.28. The number of nitrogens with zero attached hydrogens (tertiary/aromatic N) is 3. The molecule has 1 aromatic heterocycles. The van der Waals surface area contributed by atoms with Crippen molar-refractivity contribution in [2.24, 2.45) is 0 Å². The van der Waals surface area contributed by atoms with Crippen molar-refractivity contribution in [2.75, 3.05) is 26.9 Å². The Morgan fingerprint density at radius 1 is 1.28 bits per heavy atom. The first-order valence-electron chi connectivity index (χ1n) is 10.4. The van der Waals surface area contributed by atoms with Crippen LogP contribution in [0, 0.1) is 0 Å². The zero-order chi connectivity index (χ0) is 23.3. The van der Waals surface area contributed by atoms with E-state index in [4.69, 9.17) is 21.1 Å². The molecule has 0 saturated carbocycles. The molecule has 1 aliphatic heterocycles. The highest BCUT2D eigenvalue weighted by Gasteiger charge is 2.48. The third kappa shape index (κ3) is 4.94. The average Bonchev–Trinajstić information content (AvgIpc) is 3.19. The molecule has 1 atom stereocenters. The van der Waals surface area contributed by atoms with Gasteiger partial charge in [-0.2, -0.15) is 5.10 Å². The zero-order valence-electron chi connectivity index (χ0n) is 18.4. The van der Waals surface area contributed by atoms with Crippen LogP contribution in [-0.4, -0.2) is 64.9 Å². The Kier molecular flexibility index (Phi) is 7.52. The summed E-state index contributed by atoms with van der Waals surface area (Å²) in [6, 6.07) is 8.49. The van der Waals surface area contributed by atoms with Crippen molar-refractivity contribution in [3.8, 4) is 0 Å². The predicted molar refractivity (Wildman–Crippen MR) is 117 cm³/mol. The summed E-state index contributed by atoms with van der Waals surface area (Å²) in [5.74, 6) is -1.32. The lowest BCUT2D eigenvalue weighted by molar-refractivity contribution is -0.133. The van der Waals surface area contributed by atoms with Gasteiger partial charge in [0.15, 0.2) is 5.69 Å². The van der Waals surface area contributed by atoms with E-state index in [9.17, 15) is 14.4 Å². The second kappa shape index (κ2) is 10.1. The summed E-state index contributed by atoms with van der Waals surface area (Å²) >= 11 is 5.99. The van der Waals surface area contributed by atoms with Crippen molar-refractivity contribution >= 4 is 29.4 Å². The Morgan fingerprint density at radius 3 is 2.66 bits per heavy atom. The van der Waals surface area contributed by atoms with E-state index in [0.29, 0.717) is 24.6 Å². The molecule has 0 bridgehead atoms. The molecule has 0 aliphatic carbocycles. The molecule has 1 aliphatic rings. The van der Waals surface area contributed by atoms with E-state index in [-0.39, 0.29) is 37.0 Å². The summed E-state index contributed by atoms with van der Waals surface area (Å²) in [7, 11) is 1.59. The summed E-state index contributed by atoms with van der Waals surface area (Å²) in [6.45, 7) is 4.79. The van der Waals surface area contributed by atoms with Gasteiger partial charge in [0.05, 0.1) is 13.2 Å². The topological polar surface area (TPSA) is 103 Å². The summed E-state index contributed by atoms with van der Waals surface area (Å²) < 4.78 is 11.4. The number of aromatic nitrogens is 2. The smallest absolute Gasteiger partial charge is 0.358 e. The van der Waals surface area contributed by atoms with Gasteiger partial charge in [0.2, 0.25) is 5.91 Å². The SMILES string of the molecule is CCOC(=O)c1cc2n(n1)C[C@](C)(C(=O)NCCCOC)N(Cc1ccc(Cl)cc1)C2=O. The van der Waals surface area contributed by atoms with Crippen molar-refractivity contribution in [3.63, 3.8) is 0 Å². The first kappa shape index (κ1) is 23.7. The van der Waals surface area contributed by atoms with Gasteiger partial charge in [-0.15, -0.1) is 0 Å².